The van der Waals surface area contributed by atoms with Crippen LogP contribution in [0.1, 0.15) is 47.7 Å². The van der Waals surface area contributed by atoms with Crippen LogP contribution in [0, 0.1) is 12.8 Å². The highest BCUT2D eigenvalue weighted by atomic mass is 16.3. The lowest BCUT2D eigenvalue weighted by molar-refractivity contribution is 0.0651. The van der Waals surface area contributed by atoms with Crippen molar-refractivity contribution in [1.29, 1.82) is 0 Å². The second-order valence-electron chi connectivity index (χ2n) is 6.81. The van der Waals surface area contributed by atoms with Crippen LogP contribution in [0.3, 0.4) is 0 Å². The van der Waals surface area contributed by atoms with Gasteiger partial charge < -0.3 is 19.7 Å². The van der Waals surface area contributed by atoms with Gasteiger partial charge in [0, 0.05) is 30.9 Å². The number of amides is 1. The van der Waals surface area contributed by atoms with E-state index < -0.39 is 0 Å². The van der Waals surface area contributed by atoms with Gasteiger partial charge in [-0.1, -0.05) is 6.07 Å². The van der Waals surface area contributed by atoms with Crippen LogP contribution < -0.4 is 5.32 Å². The third kappa shape index (κ3) is 4.23. The quantitative estimate of drug-likeness (QED) is 0.871. The number of rotatable bonds is 5. The van der Waals surface area contributed by atoms with Crippen molar-refractivity contribution >= 4 is 11.6 Å². The van der Waals surface area contributed by atoms with Crippen molar-refractivity contribution in [1.82, 2.24) is 4.90 Å². The summed E-state index contributed by atoms with van der Waals surface area (Å²) in [5, 5.41) is 12.6. The number of piperidine rings is 1. The lowest BCUT2D eigenvalue weighted by Crippen LogP contribution is -2.39. The molecule has 1 aromatic heterocycles. The topological polar surface area (TPSA) is 65.7 Å². The Hall–Kier alpha value is -2.27. The second-order valence-corrected chi connectivity index (χ2v) is 6.81. The van der Waals surface area contributed by atoms with Gasteiger partial charge in [-0.05, 0) is 62.9 Å². The molecule has 1 aliphatic rings. The first-order valence-electron chi connectivity index (χ1n) is 8.90. The Morgan fingerprint density at radius 1 is 1.32 bits per heavy atom. The van der Waals surface area contributed by atoms with E-state index in [4.69, 9.17) is 4.42 Å². The standard InChI is InChI=1S/C20H26N2O3/c1-14-6-7-19(25-14)15(2)21-18-5-3-4-17(12-18)20(24)22-10-8-16(13-23)9-11-22/h3-7,12,15-16,21,23H,8-11,13H2,1-2H3. The molecule has 1 amide bonds. The number of carbonyl (C=O) groups excluding carboxylic acids is 1. The first kappa shape index (κ1) is 17.5. The number of aliphatic hydroxyl groups is 1. The number of aryl methyl sites for hydroxylation is 1. The normalized spacial score (nSPS) is 16.7. The summed E-state index contributed by atoms with van der Waals surface area (Å²) in [5.41, 5.74) is 1.59. The first-order valence-corrected chi connectivity index (χ1v) is 8.90. The van der Waals surface area contributed by atoms with Crippen molar-refractivity contribution in [3.63, 3.8) is 0 Å². The molecule has 2 heterocycles. The van der Waals surface area contributed by atoms with Gasteiger partial charge >= 0.3 is 0 Å². The van der Waals surface area contributed by atoms with Gasteiger partial charge in [0.25, 0.3) is 5.91 Å². The van der Waals surface area contributed by atoms with E-state index in [0.29, 0.717) is 24.6 Å². The molecule has 1 aromatic carbocycles. The third-order valence-corrected chi connectivity index (χ3v) is 4.84. The highest BCUT2D eigenvalue weighted by molar-refractivity contribution is 5.95. The van der Waals surface area contributed by atoms with E-state index in [1.54, 1.807) is 0 Å². The van der Waals surface area contributed by atoms with E-state index in [2.05, 4.69) is 5.32 Å². The van der Waals surface area contributed by atoms with E-state index in [9.17, 15) is 9.90 Å². The largest absolute Gasteiger partial charge is 0.464 e. The summed E-state index contributed by atoms with van der Waals surface area (Å²) in [6, 6.07) is 11.5. The number of nitrogens with zero attached hydrogens (tertiary/aromatic N) is 1. The molecule has 0 saturated carbocycles. The van der Waals surface area contributed by atoms with E-state index >= 15 is 0 Å². The SMILES string of the molecule is Cc1ccc(C(C)Nc2cccc(C(=O)N3CCC(CO)CC3)c2)o1. The number of hydrogen-bond acceptors (Lipinski definition) is 4. The molecule has 5 heteroatoms. The molecular formula is C20H26N2O3. The summed E-state index contributed by atoms with van der Waals surface area (Å²) >= 11 is 0. The Morgan fingerprint density at radius 2 is 2.08 bits per heavy atom. The molecule has 0 radical (unpaired) electrons. The summed E-state index contributed by atoms with van der Waals surface area (Å²) in [7, 11) is 0. The monoisotopic (exact) mass is 342 g/mol. The van der Waals surface area contributed by atoms with E-state index in [0.717, 1.165) is 30.0 Å². The van der Waals surface area contributed by atoms with Crippen molar-refractivity contribution in [2.24, 2.45) is 5.92 Å². The molecule has 1 fully saturated rings. The highest BCUT2D eigenvalue weighted by Gasteiger charge is 2.23. The van der Waals surface area contributed by atoms with Gasteiger partial charge in [0.05, 0.1) is 6.04 Å². The summed E-state index contributed by atoms with van der Waals surface area (Å²) in [5.74, 6) is 2.15. The zero-order chi connectivity index (χ0) is 17.8. The van der Waals surface area contributed by atoms with Crippen LogP contribution in [-0.4, -0.2) is 35.6 Å². The van der Waals surface area contributed by atoms with Crippen molar-refractivity contribution in [2.75, 3.05) is 25.0 Å². The number of benzene rings is 1. The van der Waals surface area contributed by atoms with Crippen LogP contribution in [-0.2, 0) is 0 Å². The molecule has 2 N–H and O–H groups in total. The fourth-order valence-corrected chi connectivity index (χ4v) is 3.25. The number of hydrogen-bond donors (Lipinski definition) is 2. The van der Waals surface area contributed by atoms with Gasteiger partial charge in [-0.2, -0.15) is 0 Å². The number of nitrogens with one attached hydrogen (secondary N) is 1. The molecule has 5 nitrogen and oxygen atoms in total. The molecular weight excluding hydrogens is 316 g/mol. The Bertz CT molecular complexity index is 717. The molecule has 1 atom stereocenters. The van der Waals surface area contributed by atoms with Gasteiger partial charge in [-0.15, -0.1) is 0 Å². The molecule has 3 rings (SSSR count). The van der Waals surface area contributed by atoms with Crippen molar-refractivity contribution in [3.05, 3.63) is 53.5 Å². The molecule has 0 spiro atoms. The number of anilines is 1. The Labute approximate surface area is 148 Å². The van der Waals surface area contributed by atoms with Crippen LogP contribution in [0.25, 0.3) is 0 Å². The average Bonchev–Trinajstić information content (AvgIpc) is 3.08. The molecule has 1 saturated heterocycles. The van der Waals surface area contributed by atoms with Crippen molar-refractivity contribution in [3.8, 4) is 0 Å². The fraction of sp³-hybridized carbons (Fsp3) is 0.450. The van der Waals surface area contributed by atoms with Gasteiger partial charge in [0.15, 0.2) is 0 Å². The highest BCUT2D eigenvalue weighted by Crippen LogP contribution is 2.23. The third-order valence-electron chi connectivity index (χ3n) is 4.84. The minimum Gasteiger partial charge on any atom is -0.464 e. The maximum Gasteiger partial charge on any atom is 0.253 e. The number of aliphatic hydroxyl groups excluding tert-OH is 1. The maximum absolute atomic E-state index is 12.7. The predicted octanol–water partition coefficient (Wildman–Crippen LogP) is 3.61. The predicted molar refractivity (Wildman–Crippen MR) is 97.6 cm³/mol. The summed E-state index contributed by atoms with van der Waals surface area (Å²) in [4.78, 5) is 14.6. The Kier molecular flexibility index (Phi) is 5.43. The van der Waals surface area contributed by atoms with Gasteiger partial charge in [-0.3, -0.25) is 4.79 Å². The maximum atomic E-state index is 12.7. The number of likely N-dealkylation sites (tertiary alicyclic amines) is 1. The van der Waals surface area contributed by atoms with Crippen molar-refractivity contribution < 1.29 is 14.3 Å². The van der Waals surface area contributed by atoms with Gasteiger partial charge in [0.2, 0.25) is 0 Å². The average molecular weight is 342 g/mol. The van der Waals surface area contributed by atoms with Gasteiger partial charge in [0.1, 0.15) is 11.5 Å². The minimum absolute atomic E-state index is 0.0272. The zero-order valence-electron chi connectivity index (χ0n) is 14.9. The molecule has 0 aliphatic carbocycles. The van der Waals surface area contributed by atoms with Gasteiger partial charge in [-0.25, -0.2) is 0 Å². The van der Waals surface area contributed by atoms with Crippen LogP contribution in [0.15, 0.2) is 40.8 Å². The molecule has 25 heavy (non-hydrogen) atoms. The van der Waals surface area contributed by atoms with E-state index in [1.807, 2.05) is 55.1 Å². The molecule has 134 valence electrons. The lowest BCUT2D eigenvalue weighted by Gasteiger charge is -2.31. The van der Waals surface area contributed by atoms with E-state index in [-0.39, 0.29) is 18.6 Å². The summed E-state index contributed by atoms with van der Waals surface area (Å²) in [6.45, 7) is 5.60. The minimum atomic E-state index is 0.0272. The van der Waals surface area contributed by atoms with Crippen molar-refractivity contribution in [2.45, 2.75) is 32.7 Å². The fourth-order valence-electron chi connectivity index (χ4n) is 3.25. The molecule has 1 aliphatic heterocycles. The molecule has 0 bridgehead atoms. The Morgan fingerprint density at radius 3 is 2.72 bits per heavy atom. The van der Waals surface area contributed by atoms with Crippen LogP contribution in [0.5, 0.6) is 0 Å². The second kappa shape index (κ2) is 7.74. The number of furan rings is 1. The molecule has 2 aromatic rings. The van der Waals surface area contributed by atoms with Crippen LogP contribution in [0.4, 0.5) is 5.69 Å². The smallest absolute Gasteiger partial charge is 0.253 e. The van der Waals surface area contributed by atoms with E-state index in [1.165, 1.54) is 0 Å². The zero-order valence-corrected chi connectivity index (χ0v) is 14.9. The lowest BCUT2D eigenvalue weighted by atomic mass is 9.97. The Balaban J connectivity index is 1.66. The molecule has 1 unspecified atom stereocenters. The van der Waals surface area contributed by atoms with Crippen LogP contribution in [0.2, 0.25) is 0 Å². The number of carbonyl (C=O) groups is 1. The summed E-state index contributed by atoms with van der Waals surface area (Å²) in [6.07, 6.45) is 1.74. The van der Waals surface area contributed by atoms with Crippen LogP contribution >= 0.6 is 0 Å². The first-order chi connectivity index (χ1) is 12.1. The summed E-state index contributed by atoms with van der Waals surface area (Å²) < 4.78 is 5.65.